The quantitative estimate of drug-likeness (QED) is 0.861. The van der Waals surface area contributed by atoms with Crippen LogP contribution in [0.4, 0.5) is 0 Å². The van der Waals surface area contributed by atoms with E-state index in [0.717, 1.165) is 10.0 Å². The van der Waals surface area contributed by atoms with Gasteiger partial charge >= 0.3 is 0 Å². The second-order valence-electron chi connectivity index (χ2n) is 5.23. The molecule has 1 aliphatic heterocycles. The predicted molar refractivity (Wildman–Crippen MR) is 80.5 cm³/mol. The van der Waals surface area contributed by atoms with Gasteiger partial charge in [-0.2, -0.15) is 0 Å². The molecule has 1 fully saturated rings. The Morgan fingerprint density at radius 2 is 2.15 bits per heavy atom. The number of carbonyl (C=O) groups excluding carboxylic acids is 1. The molecule has 0 spiro atoms. The van der Waals surface area contributed by atoms with E-state index < -0.39 is 5.54 Å². The Bertz CT molecular complexity index is 458. The molecule has 20 heavy (non-hydrogen) atoms. The van der Waals surface area contributed by atoms with Crippen molar-refractivity contribution in [1.82, 2.24) is 5.32 Å². The van der Waals surface area contributed by atoms with E-state index in [2.05, 4.69) is 21.2 Å². The van der Waals surface area contributed by atoms with Crippen molar-refractivity contribution in [3.63, 3.8) is 0 Å². The maximum Gasteiger partial charge on any atom is 0.220 e. The number of halogens is 1. The van der Waals surface area contributed by atoms with Crippen molar-refractivity contribution >= 4 is 21.8 Å². The van der Waals surface area contributed by atoms with E-state index in [4.69, 9.17) is 4.74 Å². The summed E-state index contributed by atoms with van der Waals surface area (Å²) in [6, 6.07) is 7.95. The second kappa shape index (κ2) is 7.20. The largest absolute Gasteiger partial charge is 0.394 e. The first kappa shape index (κ1) is 15.5. The molecule has 0 bridgehead atoms. The smallest absolute Gasteiger partial charge is 0.220 e. The number of benzene rings is 1. The number of carbonyl (C=O) groups is 1. The van der Waals surface area contributed by atoms with Crippen LogP contribution in [0.1, 0.15) is 24.8 Å². The first-order valence-corrected chi connectivity index (χ1v) is 7.67. The lowest BCUT2D eigenvalue weighted by Crippen LogP contribution is -2.54. The molecule has 1 saturated heterocycles. The highest BCUT2D eigenvalue weighted by atomic mass is 79.9. The molecule has 1 aromatic carbocycles. The van der Waals surface area contributed by atoms with Crippen LogP contribution in [0.25, 0.3) is 0 Å². The fourth-order valence-electron chi connectivity index (χ4n) is 2.39. The summed E-state index contributed by atoms with van der Waals surface area (Å²) >= 11 is 3.42. The number of ether oxygens (including phenoxy) is 1. The Morgan fingerprint density at radius 1 is 1.40 bits per heavy atom. The molecule has 2 N–H and O–H groups in total. The summed E-state index contributed by atoms with van der Waals surface area (Å²) in [4.78, 5) is 12.1. The lowest BCUT2D eigenvalue weighted by atomic mass is 9.90. The van der Waals surface area contributed by atoms with Gasteiger partial charge < -0.3 is 15.2 Å². The monoisotopic (exact) mass is 341 g/mol. The van der Waals surface area contributed by atoms with Crippen LogP contribution in [0.2, 0.25) is 0 Å². The Morgan fingerprint density at radius 3 is 2.80 bits per heavy atom. The van der Waals surface area contributed by atoms with Gasteiger partial charge in [-0.3, -0.25) is 4.79 Å². The molecule has 0 aliphatic carbocycles. The lowest BCUT2D eigenvalue weighted by molar-refractivity contribution is -0.125. The number of hydrogen-bond acceptors (Lipinski definition) is 3. The molecule has 0 atom stereocenters. The zero-order chi connectivity index (χ0) is 14.4. The van der Waals surface area contributed by atoms with Crippen molar-refractivity contribution in [2.45, 2.75) is 31.2 Å². The van der Waals surface area contributed by atoms with Crippen LogP contribution in [0.5, 0.6) is 0 Å². The molecule has 0 unspecified atom stereocenters. The van der Waals surface area contributed by atoms with Gasteiger partial charge in [0.25, 0.3) is 0 Å². The van der Waals surface area contributed by atoms with Gasteiger partial charge in [0.15, 0.2) is 0 Å². The fraction of sp³-hybridized carbons (Fsp3) is 0.533. The molecule has 1 amide bonds. The number of hydrogen-bond donors (Lipinski definition) is 2. The zero-order valence-electron chi connectivity index (χ0n) is 11.4. The highest BCUT2D eigenvalue weighted by molar-refractivity contribution is 9.10. The summed E-state index contributed by atoms with van der Waals surface area (Å²) in [5.41, 5.74) is 0.631. The lowest BCUT2D eigenvalue weighted by Gasteiger charge is -2.36. The number of rotatable bonds is 5. The highest BCUT2D eigenvalue weighted by Crippen LogP contribution is 2.20. The minimum absolute atomic E-state index is 0.0130. The van der Waals surface area contributed by atoms with E-state index >= 15 is 0 Å². The Hall–Kier alpha value is -0.910. The minimum Gasteiger partial charge on any atom is -0.394 e. The Kier molecular flexibility index (Phi) is 5.57. The third kappa shape index (κ3) is 4.30. The molecule has 0 aromatic heterocycles. The summed E-state index contributed by atoms with van der Waals surface area (Å²) in [6.45, 7) is 1.15. The normalized spacial score (nSPS) is 17.7. The molecular weight excluding hydrogens is 322 g/mol. The van der Waals surface area contributed by atoms with Crippen LogP contribution in [0.3, 0.4) is 0 Å². The van der Waals surface area contributed by atoms with Crippen LogP contribution < -0.4 is 5.32 Å². The van der Waals surface area contributed by atoms with Crippen molar-refractivity contribution < 1.29 is 14.6 Å². The van der Waals surface area contributed by atoms with Crippen LogP contribution in [0, 0.1) is 0 Å². The van der Waals surface area contributed by atoms with Crippen molar-refractivity contribution in [2.75, 3.05) is 19.8 Å². The van der Waals surface area contributed by atoms with Gasteiger partial charge in [-0.25, -0.2) is 0 Å². The van der Waals surface area contributed by atoms with E-state index in [1.54, 1.807) is 0 Å². The molecule has 0 saturated carbocycles. The van der Waals surface area contributed by atoms with Crippen LogP contribution in [-0.4, -0.2) is 36.4 Å². The van der Waals surface area contributed by atoms with Gasteiger partial charge in [0.05, 0.1) is 12.1 Å². The number of aryl methyl sites for hydroxylation is 1. The van der Waals surface area contributed by atoms with Crippen molar-refractivity contribution in [2.24, 2.45) is 0 Å². The first-order valence-electron chi connectivity index (χ1n) is 6.88. The molecular formula is C15H20BrNO3. The minimum atomic E-state index is -0.493. The standard InChI is InChI=1S/C15H20BrNO3/c16-13-3-1-2-12(10-13)4-5-14(19)17-15(11-18)6-8-20-9-7-15/h1-3,10,18H,4-9,11H2,(H,17,19). The third-order valence-electron chi connectivity index (χ3n) is 3.69. The molecule has 110 valence electrons. The number of aliphatic hydroxyl groups excluding tert-OH is 1. The van der Waals surface area contributed by atoms with E-state index in [0.29, 0.717) is 38.9 Å². The van der Waals surface area contributed by atoms with Gasteiger partial charge in [0.1, 0.15) is 0 Å². The summed E-state index contributed by atoms with van der Waals surface area (Å²) in [6.07, 6.45) is 2.47. The van der Waals surface area contributed by atoms with Crippen molar-refractivity contribution in [3.05, 3.63) is 34.3 Å². The maximum absolute atomic E-state index is 12.1. The second-order valence-corrected chi connectivity index (χ2v) is 6.14. The molecule has 2 rings (SSSR count). The Balaban J connectivity index is 1.85. The predicted octanol–water partition coefficient (Wildman–Crippen LogP) is 2.04. The van der Waals surface area contributed by atoms with Gasteiger partial charge in [0, 0.05) is 24.1 Å². The van der Waals surface area contributed by atoms with Crippen molar-refractivity contribution in [1.29, 1.82) is 0 Å². The Labute approximate surface area is 127 Å². The zero-order valence-corrected chi connectivity index (χ0v) is 13.0. The maximum atomic E-state index is 12.1. The van der Waals surface area contributed by atoms with Crippen LogP contribution in [0.15, 0.2) is 28.7 Å². The molecule has 1 heterocycles. The average molecular weight is 342 g/mol. The summed E-state index contributed by atoms with van der Waals surface area (Å²) < 4.78 is 6.30. The van der Waals surface area contributed by atoms with Gasteiger partial charge in [-0.1, -0.05) is 28.1 Å². The number of nitrogens with one attached hydrogen (secondary N) is 1. The van der Waals surface area contributed by atoms with Crippen molar-refractivity contribution in [3.8, 4) is 0 Å². The van der Waals surface area contributed by atoms with Gasteiger partial charge in [0.2, 0.25) is 5.91 Å². The summed E-state index contributed by atoms with van der Waals surface area (Å²) in [7, 11) is 0. The molecule has 5 heteroatoms. The van der Waals surface area contributed by atoms with E-state index in [1.165, 1.54) is 0 Å². The molecule has 4 nitrogen and oxygen atoms in total. The van der Waals surface area contributed by atoms with E-state index in [-0.39, 0.29) is 12.5 Å². The fourth-order valence-corrected chi connectivity index (χ4v) is 2.84. The highest BCUT2D eigenvalue weighted by Gasteiger charge is 2.33. The van der Waals surface area contributed by atoms with E-state index in [1.807, 2.05) is 24.3 Å². The van der Waals surface area contributed by atoms with Gasteiger partial charge in [-0.05, 0) is 37.0 Å². The number of aliphatic hydroxyl groups is 1. The van der Waals surface area contributed by atoms with E-state index in [9.17, 15) is 9.90 Å². The summed E-state index contributed by atoms with van der Waals surface area (Å²) in [5.74, 6) is -0.0130. The SMILES string of the molecule is O=C(CCc1cccc(Br)c1)NC1(CO)CCOCC1. The van der Waals surface area contributed by atoms with Gasteiger partial charge in [-0.15, -0.1) is 0 Å². The molecule has 1 aliphatic rings. The third-order valence-corrected chi connectivity index (χ3v) is 4.18. The number of amides is 1. The van der Waals surface area contributed by atoms with Crippen LogP contribution >= 0.6 is 15.9 Å². The molecule has 0 radical (unpaired) electrons. The van der Waals surface area contributed by atoms with Crippen LogP contribution in [-0.2, 0) is 16.0 Å². The first-order chi connectivity index (χ1) is 9.63. The average Bonchev–Trinajstić information content (AvgIpc) is 2.46. The topological polar surface area (TPSA) is 58.6 Å². The molecule has 1 aromatic rings. The summed E-state index contributed by atoms with van der Waals surface area (Å²) in [5, 5.41) is 12.5.